The van der Waals surface area contributed by atoms with Crippen molar-refractivity contribution in [3.8, 4) is 0 Å². The zero-order chi connectivity index (χ0) is 23.0. The van der Waals surface area contributed by atoms with Gasteiger partial charge in [0.15, 0.2) is 0 Å². The number of rotatable bonds is 5. The molecule has 0 spiro atoms. The third kappa shape index (κ3) is 5.30. The molecule has 11 heteroatoms. The first-order chi connectivity index (χ1) is 15.1. The van der Waals surface area contributed by atoms with E-state index in [9.17, 15) is 23.9 Å². The average Bonchev–Trinajstić information content (AvgIpc) is 3.06. The molecule has 33 heavy (non-hydrogen) atoms. The van der Waals surface area contributed by atoms with Crippen LogP contribution in [-0.2, 0) is 27.1 Å². The summed E-state index contributed by atoms with van der Waals surface area (Å²) in [6.45, 7) is 2.26. The zero-order valence-corrected chi connectivity index (χ0v) is 21.4. The summed E-state index contributed by atoms with van der Waals surface area (Å²) in [7, 11) is -3.39. The normalized spacial score (nSPS) is 15.3. The summed E-state index contributed by atoms with van der Waals surface area (Å²) >= 11 is 0. The van der Waals surface area contributed by atoms with Gasteiger partial charge in [-0.25, -0.2) is 9.65 Å². The van der Waals surface area contributed by atoms with E-state index in [0.29, 0.717) is 34.5 Å². The average molecular weight is 477 g/mol. The molecule has 1 aliphatic heterocycles. The predicted octanol–water partition coefficient (Wildman–Crippen LogP) is -0.448. The topological polar surface area (TPSA) is 127 Å². The molecule has 9 nitrogen and oxygen atoms in total. The molecular weight excluding hydrogens is 456 g/mol. The van der Waals surface area contributed by atoms with Crippen LogP contribution < -0.4 is 39.1 Å². The maximum Gasteiger partial charge on any atom is 1.00 e. The number of aryl methyl sites for hydroxylation is 2. The van der Waals surface area contributed by atoms with Crippen LogP contribution in [0, 0.1) is 6.92 Å². The Morgan fingerprint density at radius 3 is 2.79 bits per heavy atom. The van der Waals surface area contributed by atoms with Crippen molar-refractivity contribution in [3.05, 3.63) is 65.1 Å². The molecule has 4 rings (SSSR count). The molecule has 2 amide bonds. The molecule has 3 heterocycles. The molecule has 1 atom stereocenters. The summed E-state index contributed by atoms with van der Waals surface area (Å²) in [6.07, 6.45) is 4.52. The van der Waals surface area contributed by atoms with Gasteiger partial charge in [-0.1, -0.05) is 18.2 Å². The minimum Gasteiger partial charge on any atom is -0.761 e. The number of aromatic nitrogens is 1. The van der Waals surface area contributed by atoms with Gasteiger partial charge in [0, 0.05) is 36.7 Å². The number of pyridine rings is 1. The number of hydrogen-bond donors (Lipinski definition) is 1. The van der Waals surface area contributed by atoms with Crippen molar-refractivity contribution in [3.63, 3.8) is 0 Å². The van der Waals surface area contributed by atoms with E-state index >= 15 is 0 Å². The van der Waals surface area contributed by atoms with Gasteiger partial charge in [-0.05, 0) is 42.7 Å². The Hall–Kier alpha value is -2.26. The molecule has 0 bridgehead atoms. The number of nitrogens with zero attached hydrogens (tertiary/aromatic N) is 3. The number of anilines is 1. The van der Waals surface area contributed by atoms with Gasteiger partial charge in [0.25, 0.3) is 0 Å². The van der Waals surface area contributed by atoms with Gasteiger partial charge in [0.1, 0.15) is 17.2 Å². The Morgan fingerprint density at radius 1 is 1.36 bits per heavy atom. The Balaban J connectivity index is 0.00000306. The molecule has 0 aliphatic carbocycles. The fourth-order valence-corrected chi connectivity index (χ4v) is 4.48. The van der Waals surface area contributed by atoms with Gasteiger partial charge >= 0.3 is 29.6 Å². The molecule has 1 aliphatic rings. The van der Waals surface area contributed by atoms with Crippen LogP contribution in [0.15, 0.2) is 47.0 Å². The molecular formula is C22H21N3NaO6P. The van der Waals surface area contributed by atoms with Gasteiger partial charge in [-0.3, -0.25) is 14.2 Å². The molecule has 0 radical (unpaired) electrons. The summed E-state index contributed by atoms with van der Waals surface area (Å²) in [5.41, 5.74) is 2.82. The van der Waals surface area contributed by atoms with E-state index < -0.39 is 13.7 Å². The van der Waals surface area contributed by atoms with E-state index in [1.165, 1.54) is 17.2 Å². The minimum absolute atomic E-state index is 0. The summed E-state index contributed by atoms with van der Waals surface area (Å²) in [6, 6.07) is 9.33. The largest absolute Gasteiger partial charge is 1.00 e. The van der Waals surface area contributed by atoms with E-state index in [1.807, 2.05) is 31.2 Å². The summed E-state index contributed by atoms with van der Waals surface area (Å²) in [5.74, 6) is -0.379. The quantitative estimate of drug-likeness (QED) is 0.300. The van der Waals surface area contributed by atoms with Crippen molar-refractivity contribution in [2.75, 3.05) is 11.7 Å². The van der Waals surface area contributed by atoms with Crippen LogP contribution >= 0.6 is 7.75 Å². The number of likely N-dealkylation sites (N-methyl/N-ethyl adjacent to an activating group) is 1. The molecule has 1 aromatic carbocycles. The molecule has 166 valence electrons. The SMILES string of the molecule is Cc1c(CN(C)C(=O)/C=C/c2cnc3c(c2)CCC(=O)N3P(=O)([O-])O)oc2ccccc12.[Na+]. The van der Waals surface area contributed by atoms with Crippen LogP contribution in [0.4, 0.5) is 5.82 Å². The van der Waals surface area contributed by atoms with E-state index in [0.717, 1.165) is 16.5 Å². The standard InChI is InChI=1S/C22H22N3O6P.Na/c1-14-17-5-3-4-6-18(17)31-19(14)13-24(2)20(26)9-7-15-11-16-8-10-21(27)25(32(28,29)30)22(16)23-12-15;/h3-7,9,11-12H,8,10,13H2,1-2H3,(H2,28,29,30);/q;+1/p-1/b9-7+;. The fraction of sp³-hybridized carbons (Fsp3) is 0.227. The van der Waals surface area contributed by atoms with E-state index in [-0.39, 0.29) is 47.7 Å². The molecule has 0 saturated heterocycles. The number of benzene rings is 1. The van der Waals surface area contributed by atoms with Gasteiger partial charge in [0.2, 0.25) is 19.6 Å². The Morgan fingerprint density at radius 2 is 2.09 bits per heavy atom. The van der Waals surface area contributed by atoms with E-state index in [1.54, 1.807) is 19.2 Å². The second-order valence-electron chi connectivity index (χ2n) is 7.62. The van der Waals surface area contributed by atoms with Gasteiger partial charge in [0.05, 0.1) is 6.54 Å². The smallest absolute Gasteiger partial charge is 0.761 e. The number of fused-ring (bicyclic) bond motifs is 2. The van der Waals surface area contributed by atoms with Crippen molar-refractivity contribution in [2.24, 2.45) is 0 Å². The minimum atomic E-state index is -5.05. The van der Waals surface area contributed by atoms with Crippen LogP contribution in [0.5, 0.6) is 0 Å². The maximum absolute atomic E-state index is 12.6. The Bertz CT molecular complexity index is 1300. The monoisotopic (exact) mass is 477 g/mol. The summed E-state index contributed by atoms with van der Waals surface area (Å²) in [5, 5.41) is 1.01. The summed E-state index contributed by atoms with van der Waals surface area (Å²) in [4.78, 5) is 50.9. The van der Waals surface area contributed by atoms with Crippen molar-refractivity contribution in [1.82, 2.24) is 9.88 Å². The first kappa shape index (κ1) is 25.4. The van der Waals surface area contributed by atoms with Crippen LogP contribution in [-0.4, -0.2) is 33.6 Å². The molecule has 1 N–H and O–H groups in total. The van der Waals surface area contributed by atoms with Crippen LogP contribution in [0.2, 0.25) is 0 Å². The second kappa shape index (κ2) is 9.93. The molecule has 3 aromatic rings. The van der Waals surface area contributed by atoms with Crippen molar-refractivity contribution in [2.45, 2.75) is 26.3 Å². The van der Waals surface area contributed by atoms with E-state index in [4.69, 9.17) is 4.42 Å². The van der Waals surface area contributed by atoms with Crippen LogP contribution in [0.1, 0.15) is 28.9 Å². The van der Waals surface area contributed by atoms with Crippen molar-refractivity contribution >= 4 is 42.4 Å². The molecule has 0 fully saturated rings. The second-order valence-corrected chi connectivity index (χ2v) is 9.00. The maximum atomic E-state index is 12.6. The Labute approximate surface area is 212 Å². The molecule has 1 unspecified atom stereocenters. The van der Waals surface area contributed by atoms with Gasteiger partial charge < -0.3 is 19.1 Å². The number of carbonyl (C=O) groups is 2. The Kier molecular flexibility index (Phi) is 7.63. The van der Waals surface area contributed by atoms with Crippen molar-refractivity contribution in [1.29, 1.82) is 0 Å². The van der Waals surface area contributed by atoms with E-state index in [2.05, 4.69) is 4.98 Å². The predicted molar refractivity (Wildman–Crippen MR) is 116 cm³/mol. The molecule has 0 saturated carbocycles. The van der Waals surface area contributed by atoms with Gasteiger partial charge in [-0.15, -0.1) is 0 Å². The van der Waals surface area contributed by atoms with Crippen molar-refractivity contribution < 1.29 is 57.9 Å². The number of hydrogen-bond acceptors (Lipinski definition) is 6. The number of para-hydroxylation sites is 1. The van der Waals surface area contributed by atoms with Gasteiger partial charge in [-0.2, -0.15) is 0 Å². The summed E-state index contributed by atoms with van der Waals surface area (Å²) < 4.78 is 17.7. The number of carbonyl (C=O) groups excluding carboxylic acids is 2. The number of amides is 2. The zero-order valence-electron chi connectivity index (χ0n) is 18.5. The number of furan rings is 1. The fourth-order valence-electron chi connectivity index (χ4n) is 3.68. The first-order valence-corrected chi connectivity index (χ1v) is 11.4. The first-order valence-electron chi connectivity index (χ1n) is 9.91. The third-order valence-corrected chi connectivity index (χ3v) is 6.30. The molecule has 2 aromatic heterocycles. The third-order valence-electron chi connectivity index (χ3n) is 5.38. The van der Waals surface area contributed by atoms with Crippen LogP contribution in [0.3, 0.4) is 0 Å². The van der Waals surface area contributed by atoms with Crippen LogP contribution in [0.25, 0.3) is 17.0 Å².